The van der Waals surface area contributed by atoms with Crippen LogP contribution in [0.25, 0.3) is 0 Å². The highest BCUT2D eigenvalue weighted by molar-refractivity contribution is 7.80. The Hall–Kier alpha value is -2.15. The molecule has 18 heavy (non-hydrogen) atoms. The molecule has 0 aliphatic carbocycles. The molecule has 2 N–H and O–H groups in total. The van der Waals surface area contributed by atoms with Crippen molar-refractivity contribution in [1.82, 2.24) is 14.9 Å². The van der Waals surface area contributed by atoms with Gasteiger partial charge in [0.15, 0.2) is 5.11 Å². The quantitative estimate of drug-likeness (QED) is 0.817. The molecule has 1 heterocycles. The van der Waals surface area contributed by atoms with E-state index in [2.05, 4.69) is 20.9 Å². The van der Waals surface area contributed by atoms with Gasteiger partial charge in [-0.3, -0.25) is 5.43 Å². The van der Waals surface area contributed by atoms with Crippen LogP contribution in [-0.4, -0.2) is 26.6 Å². The molecule has 1 aromatic carbocycles. The molecule has 0 unspecified atom stereocenters. The lowest BCUT2D eigenvalue weighted by Crippen LogP contribution is -2.26. The van der Waals surface area contributed by atoms with E-state index >= 15 is 0 Å². The first-order valence-corrected chi connectivity index (χ1v) is 5.84. The number of benzene rings is 1. The molecule has 0 aliphatic rings. The molecule has 0 atom stereocenters. The van der Waals surface area contributed by atoms with E-state index in [0.717, 1.165) is 11.4 Å². The fourth-order valence-electron chi connectivity index (χ4n) is 1.34. The zero-order valence-electron chi connectivity index (χ0n) is 9.83. The van der Waals surface area contributed by atoms with Crippen LogP contribution in [0.3, 0.4) is 0 Å². The molecular weight excluding hydrogens is 250 g/mol. The second-order valence-electron chi connectivity index (χ2n) is 3.39. The van der Waals surface area contributed by atoms with Crippen LogP contribution < -0.4 is 15.5 Å². The lowest BCUT2D eigenvalue weighted by Gasteiger charge is -2.10. The molecule has 7 heteroatoms. The largest absolute Gasteiger partial charge is 0.494 e. The van der Waals surface area contributed by atoms with Crippen molar-refractivity contribution in [3.8, 4) is 5.75 Å². The zero-order chi connectivity index (χ0) is 12.8. The fraction of sp³-hybridized carbons (Fsp3) is 0.182. The predicted molar refractivity (Wildman–Crippen MR) is 73.2 cm³/mol. The molecule has 0 fully saturated rings. The monoisotopic (exact) mass is 263 g/mol. The second kappa shape index (κ2) is 5.97. The Kier molecular flexibility index (Phi) is 4.08. The summed E-state index contributed by atoms with van der Waals surface area (Å²) in [6.45, 7) is 2.60. The molecule has 0 aliphatic heterocycles. The number of nitrogens with zero attached hydrogens (tertiary/aromatic N) is 3. The van der Waals surface area contributed by atoms with Gasteiger partial charge in [0.05, 0.1) is 6.61 Å². The first-order valence-electron chi connectivity index (χ1n) is 5.43. The van der Waals surface area contributed by atoms with Gasteiger partial charge < -0.3 is 10.1 Å². The number of aromatic nitrogens is 3. The van der Waals surface area contributed by atoms with Crippen LogP contribution >= 0.6 is 12.2 Å². The number of thiocarbonyl (C=S) groups is 1. The summed E-state index contributed by atoms with van der Waals surface area (Å²) in [5, 5.41) is 10.8. The lowest BCUT2D eigenvalue weighted by molar-refractivity contribution is 0.340. The molecule has 94 valence electrons. The van der Waals surface area contributed by atoms with Crippen LogP contribution in [-0.2, 0) is 0 Å². The van der Waals surface area contributed by atoms with E-state index in [1.165, 1.54) is 12.7 Å². The first kappa shape index (κ1) is 12.3. The van der Waals surface area contributed by atoms with E-state index in [1.807, 2.05) is 31.2 Å². The van der Waals surface area contributed by atoms with E-state index in [1.54, 1.807) is 4.68 Å². The van der Waals surface area contributed by atoms with Crippen LogP contribution in [0, 0.1) is 0 Å². The van der Waals surface area contributed by atoms with Crippen molar-refractivity contribution in [3.05, 3.63) is 36.9 Å². The van der Waals surface area contributed by atoms with Gasteiger partial charge in [-0.2, -0.15) is 0 Å². The number of hydrogen-bond acceptors (Lipinski definition) is 4. The summed E-state index contributed by atoms with van der Waals surface area (Å²) in [7, 11) is 0. The maximum absolute atomic E-state index is 5.35. The van der Waals surface area contributed by atoms with Gasteiger partial charge >= 0.3 is 0 Å². The Morgan fingerprint density at radius 1 is 1.28 bits per heavy atom. The van der Waals surface area contributed by atoms with Crippen molar-refractivity contribution in [2.24, 2.45) is 0 Å². The first-order chi connectivity index (χ1) is 8.78. The molecule has 2 aromatic rings. The minimum Gasteiger partial charge on any atom is -0.494 e. The third-order valence-corrected chi connectivity index (χ3v) is 2.27. The SMILES string of the molecule is CCOc1ccc(NC(=S)Nn2cnnc2)cc1. The Morgan fingerprint density at radius 3 is 2.56 bits per heavy atom. The standard InChI is InChI=1S/C11H13N5OS/c1-2-17-10-5-3-9(4-6-10)14-11(18)15-16-7-12-13-8-16/h3-8H,2H2,1H3,(H2,14,15,18). The van der Waals surface area contributed by atoms with Crippen molar-refractivity contribution in [2.45, 2.75) is 6.92 Å². The topological polar surface area (TPSA) is 64.0 Å². The predicted octanol–water partition coefficient (Wildman–Crippen LogP) is 1.62. The van der Waals surface area contributed by atoms with Gasteiger partial charge in [0.25, 0.3) is 0 Å². The van der Waals surface area contributed by atoms with Gasteiger partial charge in [-0.25, -0.2) is 4.68 Å². The number of nitrogens with one attached hydrogen (secondary N) is 2. The summed E-state index contributed by atoms with van der Waals surface area (Å²) in [6.07, 6.45) is 3.04. The maximum atomic E-state index is 5.35. The van der Waals surface area contributed by atoms with E-state index in [-0.39, 0.29) is 0 Å². The Bertz CT molecular complexity index is 497. The molecule has 2 rings (SSSR count). The average molecular weight is 263 g/mol. The molecule has 6 nitrogen and oxygen atoms in total. The highest BCUT2D eigenvalue weighted by atomic mass is 32.1. The second-order valence-corrected chi connectivity index (χ2v) is 3.80. The van der Waals surface area contributed by atoms with E-state index in [0.29, 0.717) is 11.7 Å². The normalized spacial score (nSPS) is 9.83. The molecule has 0 radical (unpaired) electrons. The van der Waals surface area contributed by atoms with E-state index in [9.17, 15) is 0 Å². The van der Waals surface area contributed by atoms with Gasteiger partial charge in [-0.05, 0) is 43.4 Å². The molecule has 0 bridgehead atoms. The Morgan fingerprint density at radius 2 is 1.94 bits per heavy atom. The molecule has 1 aromatic heterocycles. The smallest absolute Gasteiger partial charge is 0.190 e. The maximum Gasteiger partial charge on any atom is 0.190 e. The lowest BCUT2D eigenvalue weighted by atomic mass is 10.3. The summed E-state index contributed by atoms with van der Waals surface area (Å²) in [6, 6.07) is 7.55. The number of rotatable bonds is 4. The zero-order valence-corrected chi connectivity index (χ0v) is 10.6. The summed E-state index contributed by atoms with van der Waals surface area (Å²) in [5.41, 5.74) is 3.77. The van der Waals surface area contributed by atoms with E-state index < -0.39 is 0 Å². The highest BCUT2D eigenvalue weighted by Crippen LogP contribution is 2.15. The van der Waals surface area contributed by atoms with Crippen LogP contribution in [0.2, 0.25) is 0 Å². The number of anilines is 1. The minimum absolute atomic E-state index is 0.457. The molecule has 0 saturated heterocycles. The summed E-state index contributed by atoms with van der Waals surface area (Å²) in [5.74, 6) is 0.834. The Balaban J connectivity index is 1.90. The van der Waals surface area contributed by atoms with Crippen molar-refractivity contribution >= 4 is 23.0 Å². The molecule has 0 saturated carbocycles. The number of ether oxygens (including phenoxy) is 1. The van der Waals surface area contributed by atoms with Crippen LogP contribution in [0.15, 0.2) is 36.9 Å². The average Bonchev–Trinajstić information content (AvgIpc) is 2.84. The van der Waals surface area contributed by atoms with Gasteiger partial charge in [-0.15, -0.1) is 10.2 Å². The molecule has 0 amide bonds. The highest BCUT2D eigenvalue weighted by Gasteiger charge is 1.99. The van der Waals surface area contributed by atoms with Gasteiger partial charge in [0.2, 0.25) is 0 Å². The van der Waals surface area contributed by atoms with Gasteiger partial charge in [0, 0.05) is 5.69 Å². The summed E-state index contributed by atoms with van der Waals surface area (Å²) in [4.78, 5) is 0. The van der Waals surface area contributed by atoms with Gasteiger partial charge in [-0.1, -0.05) is 0 Å². The third kappa shape index (κ3) is 3.42. The Labute approximate surface area is 110 Å². The fourth-order valence-corrected chi connectivity index (χ4v) is 1.56. The number of hydrogen-bond donors (Lipinski definition) is 2. The van der Waals surface area contributed by atoms with Crippen LogP contribution in [0.4, 0.5) is 5.69 Å². The van der Waals surface area contributed by atoms with Crippen molar-refractivity contribution < 1.29 is 4.74 Å². The van der Waals surface area contributed by atoms with Crippen molar-refractivity contribution in [3.63, 3.8) is 0 Å². The van der Waals surface area contributed by atoms with Crippen molar-refractivity contribution in [1.29, 1.82) is 0 Å². The van der Waals surface area contributed by atoms with Crippen LogP contribution in [0.5, 0.6) is 5.75 Å². The van der Waals surface area contributed by atoms with Crippen LogP contribution in [0.1, 0.15) is 6.92 Å². The molecular formula is C11H13N5OS. The minimum atomic E-state index is 0.457. The third-order valence-electron chi connectivity index (χ3n) is 2.07. The van der Waals surface area contributed by atoms with Crippen molar-refractivity contribution in [2.75, 3.05) is 17.3 Å². The molecule has 0 spiro atoms. The van der Waals surface area contributed by atoms with E-state index in [4.69, 9.17) is 17.0 Å². The van der Waals surface area contributed by atoms with Gasteiger partial charge in [0.1, 0.15) is 18.4 Å². The summed E-state index contributed by atoms with van der Waals surface area (Å²) < 4.78 is 6.91. The summed E-state index contributed by atoms with van der Waals surface area (Å²) >= 11 is 5.14.